The highest BCUT2D eigenvalue weighted by Crippen LogP contribution is 2.27. The summed E-state index contributed by atoms with van der Waals surface area (Å²) in [6.07, 6.45) is -4.54. The van der Waals surface area contributed by atoms with Crippen LogP contribution in [-0.2, 0) is 0 Å². The van der Waals surface area contributed by atoms with Crippen LogP contribution in [0.3, 0.4) is 0 Å². The number of halogens is 3. The van der Waals surface area contributed by atoms with Gasteiger partial charge in [0.15, 0.2) is 0 Å². The SMILES string of the molecule is CC(C)SC(=NO)C(F)(F)F. The van der Waals surface area contributed by atoms with Crippen molar-refractivity contribution in [3.63, 3.8) is 0 Å². The summed E-state index contributed by atoms with van der Waals surface area (Å²) in [5.74, 6) is 0. The molecule has 0 aliphatic rings. The third-order valence-corrected chi connectivity index (χ3v) is 1.69. The van der Waals surface area contributed by atoms with E-state index in [9.17, 15) is 13.2 Å². The van der Waals surface area contributed by atoms with E-state index in [2.05, 4.69) is 5.16 Å². The first-order valence-corrected chi connectivity index (χ1v) is 3.71. The molecular weight excluding hydrogens is 179 g/mol. The normalized spacial score (nSPS) is 14.2. The van der Waals surface area contributed by atoms with Gasteiger partial charge in [-0.1, -0.05) is 30.8 Å². The van der Waals surface area contributed by atoms with Crippen LogP contribution in [0.15, 0.2) is 5.16 Å². The van der Waals surface area contributed by atoms with Crippen LogP contribution in [0.5, 0.6) is 0 Å². The third kappa shape index (κ3) is 4.13. The van der Waals surface area contributed by atoms with E-state index in [0.29, 0.717) is 11.8 Å². The predicted octanol–water partition coefficient (Wildman–Crippen LogP) is 2.48. The van der Waals surface area contributed by atoms with Crippen molar-refractivity contribution in [2.45, 2.75) is 25.3 Å². The van der Waals surface area contributed by atoms with E-state index in [4.69, 9.17) is 5.21 Å². The van der Waals surface area contributed by atoms with Crippen molar-refractivity contribution in [3.05, 3.63) is 0 Å². The van der Waals surface area contributed by atoms with E-state index in [1.807, 2.05) is 0 Å². The summed E-state index contributed by atoms with van der Waals surface area (Å²) in [4.78, 5) is 0. The number of nitrogens with zero attached hydrogens (tertiary/aromatic N) is 1. The number of alkyl halides is 3. The predicted molar refractivity (Wildman–Crippen MR) is 38.0 cm³/mol. The molecule has 0 aromatic carbocycles. The quantitative estimate of drug-likeness (QED) is 0.296. The molecule has 0 aliphatic carbocycles. The lowest BCUT2D eigenvalue weighted by atomic mass is 10.6. The molecule has 6 heteroatoms. The highest BCUT2D eigenvalue weighted by Gasteiger charge is 2.37. The molecule has 66 valence electrons. The number of thioether (sulfide) groups is 1. The lowest BCUT2D eigenvalue weighted by molar-refractivity contribution is -0.0574. The van der Waals surface area contributed by atoms with Crippen LogP contribution in [0.2, 0.25) is 0 Å². The van der Waals surface area contributed by atoms with Crippen LogP contribution >= 0.6 is 11.8 Å². The zero-order chi connectivity index (χ0) is 9.07. The molecule has 11 heavy (non-hydrogen) atoms. The van der Waals surface area contributed by atoms with E-state index >= 15 is 0 Å². The lowest BCUT2D eigenvalue weighted by Gasteiger charge is -2.09. The highest BCUT2D eigenvalue weighted by molar-refractivity contribution is 8.14. The fourth-order valence-electron chi connectivity index (χ4n) is 0.370. The van der Waals surface area contributed by atoms with Gasteiger partial charge in [0.1, 0.15) is 0 Å². The summed E-state index contributed by atoms with van der Waals surface area (Å²) in [5, 5.41) is 8.66. The zero-order valence-electron chi connectivity index (χ0n) is 6.01. The van der Waals surface area contributed by atoms with Crippen molar-refractivity contribution >= 4 is 16.8 Å². The fraction of sp³-hybridized carbons (Fsp3) is 0.800. The summed E-state index contributed by atoms with van der Waals surface area (Å²) in [6.45, 7) is 3.17. The van der Waals surface area contributed by atoms with Gasteiger partial charge in [0, 0.05) is 5.25 Å². The minimum Gasteiger partial charge on any atom is -0.410 e. The number of hydrogen-bond donors (Lipinski definition) is 1. The Morgan fingerprint density at radius 3 is 2.00 bits per heavy atom. The van der Waals surface area contributed by atoms with Crippen LogP contribution in [-0.4, -0.2) is 21.7 Å². The Hall–Kier alpha value is -0.390. The molecule has 0 heterocycles. The molecule has 0 saturated heterocycles. The molecule has 0 rings (SSSR count). The second kappa shape index (κ2) is 3.85. The van der Waals surface area contributed by atoms with Crippen LogP contribution in [0, 0.1) is 0 Å². The van der Waals surface area contributed by atoms with Crippen LogP contribution in [0.4, 0.5) is 13.2 Å². The van der Waals surface area contributed by atoms with Crippen LogP contribution < -0.4 is 0 Å². The fourth-order valence-corrected chi connectivity index (χ4v) is 0.998. The maximum absolute atomic E-state index is 11.8. The molecule has 0 bridgehead atoms. The van der Waals surface area contributed by atoms with E-state index in [1.54, 1.807) is 13.8 Å². The van der Waals surface area contributed by atoms with Gasteiger partial charge in [-0.3, -0.25) is 0 Å². The van der Waals surface area contributed by atoms with Gasteiger partial charge in [-0.15, -0.1) is 0 Å². The van der Waals surface area contributed by atoms with E-state index in [1.165, 1.54) is 0 Å². The molecule has 0 amide bonds. The first-order valence-electron chi connectivity index (χ1n) is 2.84. The maximum atomic E-state index is 11.8. The highest BCUT2D eigenvalue weighted by atomic mass is 32.2. The molecular formula is C5H8F3NOS. The molecule has 0 aliphatic heterocycles. The Labute approximate surface area is 66.5 Å². The molecule has 0 fully saturated rings. The van der Waals surface area contributed by atoms with Crippen molar-refractivity contribution in [2.24, 2.45) is 5.16 Å². The Kier molecular flexibility index (Phi) is 3.71. The molecule has 0 atom stereocenters. The molecule has 0 aromatic rings. The molecule has 0 unspecified atom stereocenters. The Morgan fingerprint density at radius 1 is 1.45 bits per heavy atom. The summed E-state index contributed by atoms with van der Waals surface area (Å²) in [6, 6.07) is 0. The zero-order valence-corrected chi connectivity index (χ0v) is 6.83. The van der Waals surface area contributed by atoms with Gasteiger partial charge in [0.25, 0.3) is 0 Å². The molecule has 0 spiro atoms. The average molecular weight is 187 g/mol. The second-order valence-corrected chi connectivity index (χ2v) is 3.63. The smallest absolute Gasteiger partial charge is 0.410 e. The van der Waals surface area contributed by atoms with Gasteiger partial charge in [0.05, 0.1) is 0 Å². The number of rotatable bonds is 1. The Morgan fingerprint density at radius 2 is 1.91 bits per heavy atom. The van der Waals surface area contributed by atoms with E-state index in [-0.39, 0.29) is 5.25 Å². The standard InChI is InChI=1S/C5H8F3NOS/c1-3(2)11-4(9-10)5(6,7)8/h3,10H,1-2H3. The van der Waals surface area contributed by atoms with Crippen LogP contribution in [0.25, 0.3) is 0 Å². The second-order valence-electron chi connectivity index (χ2n) is 2.07. The lowest BCUT2D eigenvalue weighted by Crippen LogP contribution is -2.21. The van der Waals surface area contributed by atoms with Gasteiger partial charge in [0.2, 0.25) is 5.04 Å². The van der Waals surface area contributed by atoms with Crippen LogP contribution in [0.1, 0.15) is 13.8 Å². The largest absolute Gasteiger partial charge is 0.442 e. The Balaban J connectivity index is 4.21. The van der Waals surface area contributed by atoms with Gasteiger partial charge >= 0.3 is 6.18 Å². The first kappa shape index (κ1) is 10.6. The van der Waals surface area contributed by atoms with Crippen molar-refractivity contribution < 1.29 is 18.4 Å². The van der Waals surface area contributed by atoms with Gasteiger partial charge < -0.3 is 5.21 Å². The maximum Gasteiger partial charge on any atom is 0.442 e. The minimum atomic E-state index is -4.54. The summed E-state index contributed by atoms with van der Waals surface area (Å²) in [5.41, 5.74) is 0. The Bertz CT molecular complexity index is 154. The number of hydrogen-bond acceptors (Lipinski definition) is 3. The van der Waals surface area contributed by atoms with E-state index in [0.717, 1.165) is 0 Å². The van der Waals surface area contributed by atoms with E-state index < -0.39 is 11.2 Å². The van der Waals surface area contributed by atoms with Crippen molar-refractivity contribution in [1.29, 1.82) is 0 Å². The molecule has 0 radical (unpaired) electrons. The summed E-state index contributed by atoms with van der Waals surface area (Å²) < 4.78 is 35.3. The minimum absolute atomic E-state index is 0.248. The topological polar surface area (TPSA) is 32.6 Å². The summed E-state index contributed by atoms with van der Waals surface area (Å²) >= 11 is 0.481. The van der Waals surface area contributed by atoms with Gasteiger partial charge in [-0.25, -0.2) is 0 Å². The molecule has 1 N–H and O–H groups in total. The number of oxime groups is 1. The molecule has 0 aromatic heterocycles. The molecule has 0 saturated carbocycles. The third-order valence-electron chi connectivity index (χ3n) is 0.681. The molecule has 2 nitrogen and oxygen atoms in total. The van der Waals surface area contributed by atoms with Gasteiger partial charge in [-0.2, -0.15) is 13.2 Å². The van der Waals surface area contributed by atoms with Crippen molar-refractivity contribution in [1.82, 2.24) is 0 Å². The van der Waals surface area contributed by atoms with Gasteiger partial charge in [-0.05, 0) is 0 Å². The summed E-state index contributed by atoms with van der Waals surface area (Å²) in [7, 11) is 0. The monoisotopic (exact) mass is 187 g/mol. The van der Waals surface area contributed by atoms with Crippen molar-refractivity contribution in [3.8, 4) is 0 Å². The first-order chi connectivity index (χ1) is 4.88. The van der Waals surface area contributed by atoms with Crippen molar-refractivity contribution in [2.75, 3.05) is 0 Å². The average Bonchev–Trinajstić information content (AvgIpc) is 1.79.